The first-order chi connectivity index (χ1) is 16.4. The zero-order chi connectivity index (χ0) is 24.1. The number of hydrogen-bond donors (Lipinski definition) is 4. The zero-order valence-electron chi connectivity index (χ0n) is 19.5. The van der Waals surface area contributed by atoms with Crippen molar-refractivity contribution in [1.82, 2.24) is 30.7 Å². The maximum Gasteiger partial charge on any atom is 0.242 e. The summed E-state index contributed by atoms with van der Waals surface area (Å²) in [5.74, 6) is 0.280. The highest BCUT2D eigenvalue weighted by atomic mass is 16.2. The van der Waals surface area contributed by atoms with Gasteiger partial charge in [-0.1, -0.05) is 18.2 Å². The van der Waals surface area contributed by atoms with Crippen LogP contribution in [0.3, 0.4) is 0 Å². The number of benzene rings is 1. The molecule has 1 fully saturated rings. The van der Waals surface area contributed by atoms with Crippen LogP contribution in [-0.4, -0.2) is 45.2 Å². The van der Waals surface area contributed by atoms with Crippen LogP contribution in [0, 0.1) is 6.92 Å². The Morgan fingerprint density at radius 3 is 2.88 bits per heavy atom. The molecular formula is C25H31N7O2. The van der Waals surface area contributed by atoms with Crippen molar-refractivity contribution >= 4 is 17.6 Å². The van der Waals surface area contributed by atoms with Crippen molar-refractivity contribution in [2.45, 2.75) is 51.2 Å². The molecule has 5 N–H and O–H groups in total. The number of nitrogens with two attached hydrogens (primary N) is 1. The van der Waals surface area contributed by atoms with E-state index in [4.69, 9.17) is 5.73 Å². The van der Waals surface area contributed by atoms with Crippen molar-refractivity contribution in [3.63, 3.8) is 0 Å². The summed E-state index contributed by atoms with van der Waals surface area (Å²) in [6.45, 7) is 4.60. The first-order valence-electron chi connectivity index (χ1n) is 11.5. The number of amides is 2. The number of nitrogens with zero attached hydrogens (tertiary/aromatic N) is 3. The molecule has 9 nitrogen and oxygen atoms in total. The van der Waals surface area contributed by atoms with Gasteiger partial charge in [0.1, 0.15) is 11.9 Å². The molecule has 1 aromatic carbocycles. The molecule has 0 spiro atoms. The minimum Gasteiger partial charge on any atom is -0.384 e. The molecule has 0 aliphatic carbocycles. The standard InChI is InChI=1S/C25H31N7O2/c1-16-20(7-8-23(26)30-16)15-28-24(33)17(2)31-25(34)22-14-19(9-11-27-22)18-5-3-6-21(13-18)32-12-4-10-29-32/h3-8,10,12-13,17,19,22,27H,9,11,14-15H2,1-2H3,(H2,26,30)(H,28,33)(H,31,34)/t17-,19-,22+/m0/s1. The van der Waals surface area contributed by atoms with Crippen LogP contribution in [-0.2, 0) is 16.1 Å². The zero-order valence-corrected chi connectivity index (χ0v) is 19.5. The third-order valence-corrected chi connectivity index (χ3v) is 6.25. The number of nitrogen functional groups attached to an aromatic ring is 1. The molecule has 0 saturated carbocycles. The number of hydrogen-bond acceptors (Lipinski definition) is 6. The molecule has 0 unspecified atom stereocenters. The summed E-state index contributed by atoms with van der Waals surface area (Å²) >= 11 is 0. The SMILES string of the molecule is Cc1nc(N)ccc1CNC(=O)[C@H](C)NC(=O)[C@H]1C[C@@H](c2cccc(-n3cccn3)c2)CCN1. The van der Waals surface area contributed by atoms with Crippen LogP contribution >= 0.6 is 0 Å². The van der Waals surface area contributed by atoms with Crippen LogP contribution < -0.4 is 21.7 Å². The van der Waals surface area contributed by atoms with Gasteiger partial charge in [-0.25, -0.2) is 9.67 Å². The van der Waals surface area contributed by atoms with Gasteiger partial charge in [-0.3, -0.25) is 9.59 Å². The molecule has 1 aliphatic heterocycles. The fourth-order valence-corrected chi connectivity index (χ4v) is 4.27. The lowest BCUT2D eigenvalue weighted by Crippen LogP contribution is -2.53. The van der Waals surface area contributed by atoms with Gasteiger partial charge in [0, 0.05) is 24.6 Å². The van der Waals surface area contributed by atoms with Crippen LogP contribution in [0.1, 0.15) is 42.5 Å². The molecule has 2 aromatic heterocycles. The van der Waals surface area contributed by atoms with E-state index in [-0.39, 0.29) is 23.8 Å². The number of aryl methyl sites for hydroxylation is 1. The average molecular weight is 462 g/mol. The topological polar surface area (TPSA) is 127 Å². The summed E-state index contributed by atoms with van der Waals surface area (Å²) in [5, 5.41) is 13.3. The molecule has 178 valence electrons. The van der Waals surface area contributed by atoms with Crippen LogP contribution in [0.5, 0.6) is 0 Å². The maximum absolute atomic E-state index is 12.9. The number of rotatable bonds is 7. The molecule has 3 heterocycles. The largest absolute Gasteiger partial charge is 0.384 e. The van der Waals surface area contributed by atoms with E-state index in [1.165, 1.54) is 5.56 Å². The lowest BCUT2D eigenvalue weighted by Gasteiger charge is -2.30. The number of piperidine rings is 1. The highest BCUT2D eigenvalue weighted by Crippen LogP contribution is 2.29. The molecule has 1 aliphatic rings. The van der Waals surface area contributed by atoms with E-state index in [1.54, 1.807) is 19.2 Å². The Morgan fingerprint density at radius 2 is 2.12 bits per heavy atom. The molecule has 0 bridgehead atoms. The van der Waals surface area contributed by atoms with Crippen molar-refractivity contribution in [3.05, 3.63) is 71.7 Å². The highest BCUT2D eigenvalue weighted by molar-refractivity contribution is 5.89. The van der Waals surface area contributed by atoms with E-state index in [0.29, 0.717) is 18.8 Å². The number of carbonyl (C=O) groups is 2. The van der Waals surface area contributed by atoms with Crippen molar-refractivity contribution in [2.75, 3.05) is 12.3 Å². The van der Waals surface area contributed by atoms with E-state index >= 15 is 0 Å². The van der Waals surface area contributed by atoms with Gasteiger partial charge in [0.25, 0.3) is 0 Å². The monoisotopic (exact) mass is 461 g/mol. The molecule has 1 saturated heterocycles. The van der Waals surface area contributed by atoms with E-state index in [1.807, 2.05) is 42.1 Å². The molecule has 2 amide bonds. The Kier molecular flexibility index (Phi) is 7.22. The van der Waals surface area contributed by atoms with Gasteiger partial charge in [0.2, 0.25) is 11.8 Å². The summed E-state index contributed by atoms with van der Waals surface area (Å²) in [6, 6.07) is 12.7. The number of carbonyl (C=O) groups excluding carboxylic acids is 2. The summed E-state index contributed by atoms with van der Waals surface area (Å²) in [5.41, 5.74) is 9.52. The fraction of sp³-hybridized carbons (Fsp3) is 0.360. The number of anilines is 1. The van der Waals surface area contributed by atoms with Gasteiger partial charge < -0.3 is 21.7 Å². The van der Waals surface area contributed by atoms with Crippen molar-refractivity contribution in [3.8, 4) is 5.69 Å². The van der Waals surface area contributed by atoms with Crippen molar-refractivity contribution in [2.24, 2.45) is 0 Å². The second-order valence-electron chi connectivity index (χ2n) is 8.70. The predicted octanol–water partition coefficient (Wildman–Crippen LogP) is 1.81. The minimum absolute atomic E-state index is 0.166. The summed E-state index contributed by atoms with van der Waals surface area (Å²) in [7, 11) is 0. The molecule has 3 aromatic rings. The third kappa shape index (κ3) is 5.60. The first-order valence-corrected chi connectivity index (χ1v) is 11.5. The Morgan fingerprint density at radius 1 is 1.26 bits per heavy atom. The molecule has 3 atom stereocenters. The summed E-state index contributed by atoms with van der Waals surface area (Å²) in [4.78, 5) is 29.7. The molecule has 9 heteroatoms. The second-order valence-corrected chi connectivity index (χ2v) is 8.70. The fourth-order valence-electron chi connectivity index (χ4n) is 4.27. The minimum atomic E-state index is -0.653. The van der Waals surface area contributed by atoms with Gasteiger partial charge in [-0.05, 0) is 74.5 Å². The van der Waals surface area contributed by atoms with Crippen LogP contribution in [0.15, 0.2) is 54.9 Å². The highest BCUT2D eigenvalue weighted by Gasteiger charge is 2.29. The Hall–Kier alpha value is -3.72. The summed E-state index contributed by atoms with van der Waals surface area (Å²) < 4.78 is 1.83. The summed E-state index contributed by atoms with van der Waals surface area (Å²) in [6.07, 6.45) is 5.27. The average Bonchev–Trinajstić information content (AvgIpc) is 3.38. The third-order valence-electron chi connectivity index (χ3n) is 6.25. The van der Waals surface area contributed by atoms with Gasteiger partial charge in [-0.15, -0.1) is 0 Å². The Bertz CT molecular complexity index is 1150. The first kappa shape index (κ1) is 23.4. The van der Waals surface area contributed by atoms with Gasteiger partial charge in [0.15, 0.2) is 0 Å². The maximum atomic E-state index is 12.9. The molecule has 34 heavy (non-hydrogen) atoms. The van der Waals surface area contributed by atoms with E-state index in [0.717, 1.165) is 29.9 Å². The number of aromatic nitrogens is 3. The van der Waals surface area contributed by atoms with Crippen LogP contribution in [0.25, 0.3) is 5.69 Å². The quantitative estimate of drug-likeness (QED) is 0.425. The van der Waals surface area contributed by atoms with Crippen molar-refractivity contribution < 1.29 is 9.59 Å². The smallest absolute Gasteiger partial charge is 0.242 e. The van der Waals surface area contributed by atoms with Gasteiger partial charge >= 0.3 is 0 Å². The normalized spacial score (nSPS) is 18.8. The molecule has 0 radical (unpaired) electrons. The van der Waals surface area contributed by atoms with E-state index < -0.39 is 6.04 Å². The van der Waals surface area contributed by atoms with Crippen LogP contribution in [0.4, 0.5) is 5.82 Å². The van der Waals surface area contributed by atoms with Crippen LogP contribution in [0.2, 0.25) is 0 Å². The lowest BCUT2D eigenvalue weighted by molar-refractivity contribution is -0.130. The Balaban J connectivity index is 1.32. The number of nitrogens with one attached hydrogen (secondary N) is 3. The van der Waals surface area contributed by atoms with Gasteiger partial charge in [0.05, 0.1) is 11.7 Å². The van der Waals surface area contributed by atoms with Gasteiger partial charge in [-0.2, -0.15) is 5.10 Å². The van der Waals surface area contributed by atoms with E-state index in [2.05, 4.69) is 38.2 Å². The van der Waals surface area contributed by atoms with Crippen molar-refractivity contribution in [1.29, 1.82) is 0 Å². The predicted molar refractivity (Wildman–Crippen MR) is 130 cm³/mol. The Labute approximate surface area is 199 Å². The van der Waals surface area contributed by atoms with E-state index in [9.17, 15) is 9.59 Å². The molecule has 4 rings (SSSR count). The second kappa shape index (κ2) is 10.5. The number of pyridine rings is 1. The lowest BCUT2D eigenvalue weighted by atomic mass is 9.86. The molecular weight excluding hydrogens is 430 g/mol.